The number of aromatic nitrogens is 2. The van der Waals surface area contributed by atoms with Crippen LogP contribution in [0.15, 0.2) is 60.9 Å². The lowest BCUT2D eigenvalue weighted by Gasteiger charge is -2.12. The van der Waals surface area contributed by atoms with Crippen molar-refractivity contribution in [3.05, 3.63) is 83.4 Å². The van der Waals surface area contributed by atoms with Crippen LogP contribution in [0.2, 0.25) is 0 Å². The second-order valence-electron chi connectivity index (χ2n) is 6.52. The van der Waals surface area contributed by atoms with Gasteiger partial charge in [-0.25, -0.2) is 13.7 Å². The molecule has 2 heterocycles. The van der Waals surface area contributed by atoms with E-state index in [-0.39, 0.29) is 16.9 Å². The Bertz CT molecular complexity index is 1290. The number of carboxylic acids is 1. The van der Waals surface area contributed by atoms with Crippen molar-refractivity contribution in [2.75, 3.05) is 5.32 Å². The van der Waals surface area contributed by atoms with Crippen molar-refractivity contribution >= 4 is 22.9 Å². The van der Waals surface area contributed by atoms with Gasteiger partial charge in [0.1, 0.15) is 23.4 Å². The first-order chi connectivity index (χ1) is 14.5. The average molecular weight is 402 g/mol. The Hall–Kier alpha value is -4.38. The number of nitriles is 1. The minimum atomic E-state index is -1.07. The number of anilines is 2. The van der Waals surface area contributed by atoms with E-state index in [0.29, 0.717) is 34.0 Å². The third-order valence-corrected chi connectivity index (χ3v) is 4.58. The van der Waals surface area contributed by atoms with E-state index in [4.69, 9.17) is 4.74 Å². The summed E-state index contributed by atoms with van der Waals surface area (Å²) in [5, 5.41) is 26.2. The summed E-state index contributed by atoms with van der Waals surface area (Å²) in [5.74, 6) is -0.348. The fourth-order valence-electron chi connectivity index (χ4n) is 3.10. The van der Waals surface area contributed by atoms with Gasteiger partial charge in [-0.05, 0) is 61.0 Å². The molecule has 8 heteroatoms. The SMILES string of the molecule is Cc1c(C(=O)O)cn2ncc(C#N)c(Nc3ccc(Oc4ccc(F)cc4)cc3)c12. The maximum absolute atomic E-state index is 13.0. The van der Waals surface area contributed by atoms with E-state index in [0.717, 1.165) is 0 Å². The molecular formula is C22H15FN4O3. The number of carboxylic acid groups (broad SMARTS) is 1. The van der Waals surface area contributed by atoms with Crippen LogP contribution in [0.3, 0.4) is 0 Å². The van der Waals surface area contributed by atoms with Gasteiger partial charge in [0.05, 0.1) is 28.5 Å². The molecule has 2 aromatic carbocycles. The fourth-order valence-corrected chi connectivity index (χ4v) is 3.10. The lowest BCUT2D eigenvalue weighted by Crippen LogP contribution is -2.01. The van der Waals surface area contributed by atoms with Crippen LogP contribution in [-0.4, -0.2) is 20.7 Å². The van der Waals surface area contributed by atoms with Gasteiger partial charge in [-0.15, -0.1) is 0 Å². The van der Waals surface area contributed by atoms with Crippen LogP contribution in [0.5, 0.6) is 11.5 Å². The van der Waals surface area contributed by atoms with Gasteiger partial charge in [0, 0.05) is 11.9 Å². The molecular weight excluding hydrogens is 387 g/mol. The molecule has 0 aliphatic heterocycles. The molecule has 2 aromatic heterocycles. The predicted molar refractivity (Wildman–Crippen MR) is 108 cm³/mol. The summed E-state index contributed by atoms with van der Waals surface area (Å²) in [6.07, 6.45) is 2.80. The zero-order valence-corrected chi connectivity index (χ0v) is 15.8. The van der Waals surface area contributed by atoms with Crippen molar-refractivity contribution in [3.63, 3.8) is 0 Å². The van der Waals surface area contributed by atoms with Crippen LogP contribution in [0.4, 0.5) is 15.8 Å². The number of fused-ring (bicyclic) bond motifs is 1. The number of nitrogens with one attached hydrogen (secondary N) is 1. The summed E-state index contributed by atoms with van der Waals surface area (Å²) in [6.45, 7) is 1.67. The summed E-state index contributed by atoms with van der Waals surface area (Å²) in [4.78, 5) is 11.5. The van der Waals surface area contributed by atoms with Gasteiger partial charge in [0.2, 0.25) is 0 Å². The van der Waals surface area contributed by atoms with Gasteiger partial charge in [-0.1, -0.05) is 0 Å². The predicted octanol–water partition coefficient (Wildman–Crippen LogP) is 4.89. The molecule has 0 radical (unpaired) electrons. The van der Waals surface area contributed by atoms with Crippen LogP contribution in [0, 0.1) is 24.1 Å². The minimum Gasteiger partial charge on any atom is -0.478 e. The zero-order chi connectivity index (χ0) is 21.3. The number of aromatic carboxylic acids is 1. The molecule has 0 unspecified atom stereocenters. The number of aryl methyl sites for hydroxylation is 1. The molecule has 0 amide bonds. The number of hydrogen-bond acceptors (Lipinski definition) is 5. The van der Waals surface area contributed by atoms with E-state index in [1.54, 1.807) is 31.2 Å². The Morgan fingerprint density at radius 2 is 1.80 bits per heavy atom. The summed E-state index contributed by atoms with van der Waals surface area (Å²) in [5.41, 5.74) is 2.55. The van der Waals surface area contributed by atoms with Gasteiger partial charge in [0.15, 0.2) is 0 Å². The molecule has 4 aromatic rings. The van der Waals surface area contributed by atoms with Crippen molar-refractivity contribution in [2.24, 2.45) is 0 Å². The summed E-state index contributed by atoms with van der Waals surface area (Å²) >= 11 is 0. The van der Waals surface area contributed by atoms with Gasteiger partial charge >= 0.3 is 5.97 Å². The third-order valence-electron chi connectivity index (χ3n) is 4.58. The lowest BCUT2D eigenvalue weighted by atomic mass is 10.1. The highest BCUT2D eigenvalue weighted by molar-refractivity contribution is 5.96. The Balaban J connectivity index is 1.66. The molecule has 0 spiro atoms. The second kappa shape index (κ2) is 7.56. The highest BCUT2D eigenvalue weighted by atomic mass is 19.1. The number of hydrogen-bond donors (Lipinski definition) is 2. The molecule has 0 aliphatic carbocycles. The van der Waals surface area contributed by atoms with Gasteiger partial charge in [0.25, 0.3) is 0 Å². The summed E-state index contributed by atoms with van der Waals surface area (Å²) < 4.78 is 20.1. The van der Waals surface area contributed by atoms with Crippen molar-refractivity contribution < 1.29 is 19.0 Å². The maximum atomic E-state index is 13.0. The van der Waals surface area contributed by atoms with Crippen molar-refractivity contribution in [1.82, 2.24) is 9.61 Å². The Morgan fingerprint density at radius 3 is 2.40 bits per heavy atom. The zero-order valence-electron chi connectivity index (χ0n) is 15.8. The second-order valence-corrected chi connectivity index (χ2v) is 6.52. The smallest absolute Gasteiger partial charge is 0.337 e. The molecule has 0 atom stereocenters. The molecule has 7 nitrogen and oxygen atoms in total. The van der Waals surface area contributed by atoms with E-state index in [2.05, 4.69) is 16.5 Å². The lowest BCUT2D eigenvalue weighted by molar-refractivity contribution is 0.0696. The van der Waals surface area contributed by atoms with Gasteiger partial charge in [-0.2, -0.15) is 10.4 Å². The Kier molecular flexibility index (Phi) is 4.78. The standard InChI is InChI=1S/C22H15FN4O3/c1-13-19(22(28)29)12-27-21(13)20(14(10-24)11-25-27)26-16-4-8-18(9-5-16)30-17-6-2-15(23)3-7-17/h2-9,11-12,26H,1H3,(H,28,29). The molecule has 0 saturated carbocycles. The van der Waals surface area contributed by atoms with Crippen LogP contribution in [0.25, 0.3) is 5.52 Å². The van der Waals surface area contributed by atoms with E-state index in [9.17, 15) is 19.6 Å². The molecule has 30 heavy (non-hydrogen) atoms. The number of rotatable bonds is 5. The first-order valence-electron chi connectivity index (χ1n) is 8.91. The van der Waals surface area contributed by atoms with Crippen LogP contribution >= 0.6 is 0 Å². The summed E-state index contributed by atoms with van der Waals surface area (Å²) in [7, 11) is 0. The number of carbonyl (C=O) groups is 1. The van der Waals surface area contributed by atoms with E-state index in [1.165, 1.54) is 41.2 Å². The van der Waals surface area contributed by atoms with Gasteiger partial charge < -0.3 is 15.2 Å². The molecule has 0 aliphatic rings. The third kappa shape index (κ3) is 3.52. The quantitative estimate of drug-likeness (QED) is 0.493. The van der Waals surface area contributed by atoms with E-state index >= 15 is 0 Å². The van der Waals surface area contributed by atoms with Crippen LogP contribution < -0.4 is 10.1 Å². The molecule has 2 N–H and O–H groups in total. The number of benzene rings is 2. The van der Waals surface area contributed by atoms with Crippen molar-refractivity contribution in [3.8, 4) is 17.6 Å². The highest BCUT2D eigenvalue weighted by Gasteiger charge is 2.19. The number of ether oxygens (including phenoxy) is 1. The topological polar surface area (TPSA) is 99.6 Å². The summed E-state index contributed by atoms with van der Waals surface area (Å²) in [6, 6.07) is 14.7. The maximum Gasteiger partial charge on any atom is 0.337 e. The first-order valence-corrected chi connectivity index (χ1v) is 8.91. The molecule has 0 bridgehead atoms. The molecule has 0 fully saturated rings. The highest BCUT2D eigenvalue weighted by Crippen LogP contribution is 2.31. The number of nitrogens with zero attached hydrogens (tertiary/aromatic N) is 3. The normalized spacial score (nSPS) is 10.6. The van der Waals surface area contributed by atoms with Crippen molar-refractivity contribution in [1.29, 1.82) is 5.26 Å². The molecule has 0 saturated heterocycles. The van der Waals surface area contributed by atoms with E-state index < -0.39 is 5.97 Å². The molecule has 148 valence electrons. The van der Waals surface area contributed by atoms with Crippen molar-refractivity contribution in [2.45, 2.75) is 6.92 Å². The van der Waals surface area contributed by atoms with Gasteiger partial charge in [-0.3, -0.25) is 0 Å². The van der Waals surface area contributed by atoms with Crippen LogP contribution in [0.1, 0.15) is 21.5 Å². The first kappa shape index (κ1) is 19.0. The Morgan fingerprint density at radius 1 is 1.17 bits per heavy atom. The average Bonchev–Trinajstić information content (AvgIpc) is 3.08. The number of halogens is 1. The minimum absolute atomic E-state index is 0.115. The van der Waals surface area contributed by atoms with E-state index in [1.807, 2.05) is 0 Å². The fraction of sp³-hybridized carbons (Fsp3) is 0.0455. The molecule has 4 rings (SSSR count). The monoisotopic (exact) mass is 402 g/mol. The van der Waals surface area contributed by atoms with Crippen LogP contribution in [-0.2, 0) is 0 Å². The Labute approximate surface area is 170 Å². The largest absolute Gasteiger partial charge is 0.478 e.